The van der Waals surface area contributed by atoms with Crippen LogP contribution in [0.1, 0.15) is 35.2 Å². The highest BCUT2D eigenvalue weighted by Crippen LogP contribution is 2.20. The van der Waals surface area contributed by atoms with E-state index in [1.54, 1.807) is 24.3 Å². The zero-order chi connectivity index (χ0) is 22.1. The standard InChI is InChI=1S/C22H27N5O4/c1-30-20-12-16(5-9-24-20)18(13-23)22(29)27-19-3-2-17(14-26-19)21(28)25-8-4-15-6-10-31-11-7-15/h2-3,5,9,12-15,23,29H,4,6-8,10-11H2,1H3,(H,25,28)(H,26,27)/b22-18-,23-13?. The first-order valence-electron chi connectivity index (χ1n) is 10.1. The molecule has 0 saturated carbocycles. The fourth-order valence-electron chi connectivity index (χ4n) is 3.29. The summed E-state index contributed by atoms with van der Waals surface area (Å²) in [5, 5.41) is 23.7. The Hall–Kier alpha value is -3.46. The van der Waals surface area contributed by atoms with Gasteiger partial charge >= 0.3 is 0 Å². The molecule has 0 spiro atoms. The maximum absolute atomic E-state index is 12.3. The van der Waals surface area contributed by atoms with Gasteiger partial charge in [0.05, 0.1) is 18.2 Å². The van der Waals surface area contributed by atoms with Crippen LogP contribution >= 0.6 is 0 Å². The number of aliphatic hydroxyl groups excluding tert-OH is 1. The molecule has 2 aromatic rings. The van der Waals surface area contributed by atoms with E-state index < -0.39 is 0 Å². The molecule has 0 aromatic carbocycles. The number of pyridine rings is 2. The van der Waals surface area contributed by atoms with Crippen molar-refractivity contribution in [1.29, 1.82) is 5.41 Å². The van der Waals surface area contributed by atoms with Crippen molar-refractivity contribution in [1.82, 2.24) is 15.3 Å². The van der Waals surface area contributed by atoms with Crippen LogP contribution in [0.15, 0.2) is 42.5 Å². The molecular weight excluding hydrogens is 398 g/mol. The normalized spacial score (nSPS) is 15.0. The summed E-state index contributed by atoms with van der Waals surface area (Å²) < 4.78 is 10.4. The van der Waals surface area contributed by atoms with Gasteiger partial charge in [-0.15, -0.1) is 0 Å². The lowest BCUT2D eigenvalue weighted by Crippen LogP contribution is -2.27. The number of carbonyl (C=O) groups excluding carboxylic acids is 1. The second-order valence-electron chi connectivity index (χ2n) is 7.15. The zero-order valence-corrected chi connectivity index (χ0v) is 17.4. The molecule has 3 rings (SSSR count). The molecule has 0 atom stereocenters. The molecule has 1 amide bonds. The number of aliphatic hydroxyl groups is 1. The fraction of sp³-hybridized carbons (Fsp3) is 0.364. The van der Waals surface area contributed by atoms with Crippen LogP contribution in [-0.2, 0) is 4.74 Å². The number of nitrogens with zero attached hydrogens (tertiary/aromatic N) is 2. The summed E-state index contributed by atoms with van der Waals surface area (Å²) in [6, 6.07) is 6.49. The molecular formula is C22H27N5O4. The van der Waals surface area contributed by atoms with Crippen LogP contribution in [0, 0.1) is 11.3 Å². The molecule has 0 unspecified atom stereocenters. The first kappa shape index (κ1) is 22.2. The fourth-order valence-corrected chi connectivity index (χ4v) is 3.29. The summed E-state index contributed by atoms with van der Waals surface area (Å²) >= 11 is 0. The summed E-state index contributed by atoms with van der Waals surface area (Å²) in [4.78, 5) is 20.5. The van der Waals surface area contributed by atoms with E-state index in [0.29, 0.717) is 35.3 Å². The zero-order valence-electron chi connectivity index (χ0n) is 17.4. The first-order valence-corrected chi connectivity index (χ1v) is 10.1. The second-order valence-corrected chi connectivity index (χ2v) is 7.15. The van der Waals surface area contributed by atoms with Gasteiger partial charge in [-0.2, -0.15) is 0 Å². The molecule has 0 aliphatic carbocycles. The van der Waals surface area contributed by atoms with Crippen LogP contribution in [-0.4, -0.2) is 54.1 Å². The molecule has 1 fully saturated rings. The second kappa shape index (κ2) is 11.1. The average Bonchev–Trinajstić information content (AvgIpc) is 2.81. The number of amides is 1. The predicted octanol–water partition coefficient (Wildman–Crippen LogP) is 3.02. The Balaban J connectivity index is 1.58. The van der Waals surface area contributed by atoms with Crippen molar-refractivity contribution in [2.24, 2.45) is 5.92 Å². The van der Waals surface area contributed by atoms with Gasteiger partial charge in [0.2, 0.25) is 5.88 Å². The van der Waals surface area contributed by atoms with Gasteiger partial charge in [-0.3, -0.25) is 4.79 Å². The lowest BCUT2D eigenvalue weighted by molar-refractivity contribution is 0.0636. The van der Waals surface area contributed by atoms with E-state index in [1.807, 2.05) is 0 Å². The van der Waals surface area contributed by atoms with Crippen LogP contribution in [0.4, 0.5) is 5.82 Å². The molecule has 164 valence electrons. The van der Waals surface area contributed by atoms with Crippen LogP contribution in [0.25, 0.3) is 5.57 Å². The van der Waals surface area contributed by atoms with Crippen molar-refractivity contribution in [3.8, 4) is 5.88 Å². The number of rotatable bonds is 9. The Kier molecular flexibility index (Phi) is 7.94. The van der Waals surface area contributed by atoms with Crippen LogP contribution in [0.5, 0.6) is 5.88 Å². The minimum absolute atomic E-state index is 0.185. The molecule has 1 saturated heterocycles. The summed E-state index contributed by atoms with van der Waals surface area (Å²) in [6.45, 7) is 2.21. The Morgan fingerprint density at radius 2 is 2.10 bits per heavy atom. The Bertz CT molecular complexity index is 924. The van der Waals surface area contributed by atoms with Gasteiger partial charge in [0, 0.05) is 44.4 Å². The number of anilines is 1. The minimum atomic E-state index is -0.246. The van der Waals surface area contributed by atoms with Gasteiger partial charge in [0.1, 0.15) is 5.82 Å². The van der Waals surface area contributed by atoms with E-state index >= 15 is 0 Å². The molecule has 31 heavy (non-hydrogen) atoms. The summed E-state index contributed by atoms with van der Waals surface area (Å²) in [5.41, 5.74) is 1.25. The molecule has 0 bridgehead atoms. The first-order chi connectivity index (χ1) is 15.1. The van der Waals surface area contributed by atoms with Crippen molar-refractivity contribution < 1.29 is 19.4 Å². The van der Waals surface area contributed by atoms with Crippen molar-refractivity contribution in [2.75, 3.05) is 32.2 Å². The number of aromatic nitrogens is 2. The van der Waals surface area contributed by atoms with Crippen molar-refractivity contribution in [2.45, 2.75) is 19.3 Å². The van der Waals surface area contributed by atoms with E-state index in [-0.39, 0.29) is 17.4 Å². The van der Waals surface area contributed by atoms with Gasteiger partial charge in [-0.1, -0.05) is 0 Å². The van der Waals surface area contributed by atoms with E-state index in [4.69, 9.17) is 14.9 Å². The molecule has 9 nitrogen and oxygen atoms in total. The molecule has 9 heteroatoms. The van der Waals surface area contributed by atoms with Gasteiger partial charge in [-0.25, -0.2) is 9.97 Å². The Labute approximate surface area is 181 Å². The topological polar surface area (TPSA) is 129 Å². The number of ether oxygens (including phenoxy) is 2. The maximum Gasteiger partial charge on any atom is 0.252 e. The number of carbonyl (C=O) groups is 1. The largest absolute Gasteiger partial charge is 0.494 e. The van der Waals surface area contributed by atoms with Crippen LogP contribution in [0.2, 0.25) is 0 Å². The van der Waals surface area contributed by atoms with Crippen molar-refractivity contribution >= 4 is 23.5 Å². The van der Waals surface area contributed by atoms with E-state index in [1.165, 1.54) is 19.5 Å². The van der Waals surface area contributed by atoms with Crippen LogP contribution in [0.3, 0.4) is 0 Å². The minimum Gasteiger partial charge on any atom is -0.494 e. The summed E-state index contributed by atoms with van der Waals surface area (Å²) in [6.07, 6.45) is 7.01. The molecule has 3 heterocycles. The number of methoxy groups -OCH3 is 1. The third kappa shape index (κ3) is 6.26. The van der Waals surface area contributed by atoms with Crippen molar-refractivity contribution in [3.05, 3.63) is 53.7 Å². The van der Waals surface area contributed by atoms with Gasteiger partial charge < -0.3 is 30.6 Å². The Morgan fingerprint density at radius 1 is 1.29 bits per heavy atom. The van der Waals surface area contributed by atoms with Gasteiger partial charge in [-0.05, 0) is 48.9 Å². The molecule has 0 radical (unpaired) electrons. The lowest BCUT2D eigenvalue weighted by atomic mass is 9.97. The lowest BCUT2D eigenvalue weighted by Gasteiger charge is -2.21. The SMILES string of the molecule is COc1cc(/C(C=N)=C(\O)Nc2ccc(C(=O)NCCC3CCOCC3)cn2)ccn1. The summed E-state index contributed by atoms with van der Waals surface area (Å²) in [7, 11) is 1.49. The monoisotopic (exact) mass is 425 g/mol. The molecule has 2 aromatic heterocycles. The molecule has 4 N–H and O–H groups in total. The molecule has 1 aliphatic heterocycles. The predicted molar refractivity (Wildman–Crippen MR) is 117 cm³/mol. The highest BCUT2D eigenvalue weighted by Gasteiger charge is 2.14. The highest BCUT2D eigenvalue weighted by molar-refractivity contribution is 6.09. The quantitative estimate of drug-likeness (QED) is 0.359. The highest BCUT2D eigenvalue weighted by atomic mass is 16.5. The number of hydrogen-bond acceptors (Lipinski definition) is 8. The smallest absolute Gasteiger partial charge is 0.252 e. The van der Waals surface area contributed by atoms with Gasteiger partial charge in [0.25, 0.3) is 5.91 Å². The maximum atomic E-state index is 12.3. The van der Waals surface area contributed by atoms with Gasteiger partial charge in [0.15, 0.2) is 5.88 Å². The van der Waals surface area contributed by atoms with E-state index in [9.17, 15) is 9.90 Å². The van der Waals surface area contributed by atoms with Crippen molar-refractivity contribution in [3.63, 3.8) is 0 Å². The third-order valence-corrected chi connectivity index (χ3v) is 5.11. The number of nitrogens with one attached hydrogen (secondary N) is 3. The Morgan fingerprint density at radius 3 is 2.77 bits per heavy atom. The van der Waals surface area contributed by atoms with Crippen LogP contribution < -0.4 is 15.4 Å². The average molecular weight is 425 g/mol. The number of hydrogen-bond donors (Lipinski definition) is 4. The van der Waals surface area contributed by atoms with E-state index in [0.717, 1.165) is 38.7 Å². The summed E-state index contributed by atoms with van der Waals surface area (Å²) in [5.74, 6) is 0.878. The third-order valence-electron chi connectivity index (χ3n) is 5.11. The number of allylic oxidation sites excluding steroid dienone is 1. The van der Waals surface area contributed by atoms with E-state index in [2.05, 4.69) is 20.6 Å². The molecule has 1 aliphatic rings.